The lowest BCUT2D eigenvalue weighted by atomic mass is 9.80. The molecule has 0 bridgehead atoms. The second-order valence-corrected chi connectivity index (χ2v) is 6.82. The van der Waals surface area contributed by atoms with Crippen LogP contribution in [0.4, 0.5) is 10.1 Å². The normalized spacial score (nSPS) is 18.4. The topological polar surface area (TPSA) is 72.2 Å². The smallest absolute Gasteiger partial charge is 0.241 e. The maximum atomic E-state index is 13.5. The SMILES string of the molecule is Cc1c(N)cc(S(=O)(=O)NC2(C)CCC2)cc1F. The molecule has 1 fully saturated rings. The fourth-order valence-electron chi connectivity index (χ4n) is 2.02. The van der Waals surface area contributed by atoms with Gasteiger partial charge in [-0.1, -0.05) is 0 Å². The van der Waals surface area contributed by atoms with Crippen LogP contribution in [-0.4, -0.2) is 14.0 Å². The lowest BCUT2D eigenvalue weighted by Crippen LogP contribution is -2.50. The first-order chi connectivity index (χ1) is 8.23. The zero-order chi connectivity index (χ0) is 13.6. The van der Waals surface area contributed by atoms with Crippen molar-refractivity contribution in [2.45, 2.75) is 43.5 Å². The van der Waals surface area contributed by atoms with E-state index in [2.05, 4.69) is 4.72 Å². The third-order valence-electron chi connectivity index (χ3n) is 3.51. The van der Waals surface area contributed by atoms with E-state index in [0.717, 1.165) is 25.3 Å². The largest absolute Gasteiger partial charge is 0.398 e. The van der Waals surface area contributed by atoms with Crippen LogP contribution in [-0.2, 0) is 10.0 Å². The molecule has 0 saturated heterocycles. The van der Waals surface area contributed by atoms with E-state index in [4.69, 9.17) is 5.73 Å². The summed E-state index contributed by atoms with van der Waals surface area (Å²) in [4.78, 5) is -0.115. The Morgan fingerprint density at radius 1 is 1.39 bits per heavy atom. The summed E-state index contributed by atoms with van der Waals surface area (Å²) >= 11 is 0. The van der Waals surface area contributed by atoms with Gasteiger partial charge in [0, 0.05) is 16.8 Å². The number of benzene rings is 1. The number of anilines is 1. The summed E-state index contributed by atoms with van der Waals surface area (Å²) in [7, 11) is -3.71. The van der Waals surface area contributed by atoms with Gasteiger partial charge < -0.3 is 5.73 Å². The molecule has 100 valence electrons. The summed E-state index contributed by atoms with van der Waals surface area (Å²) in [5, 5.41) is 0. The number of nitrogens with two attached hydrogens (primary N) is 1. The van der Waals surface area contributed by atoms with Crippen molar-refractivity contribution in [2.24, 2.45) is 0 Å². The molecule has 1 saturated carbocycles. The number of hydrogen-bond acceptors (Lipinski definition) is 3. The molecular formula is C12H17FN2O2S. The average Bonchev–Trinajstić information content (AvgIpc) is 2.22. The lowest BCUT2D eigenvalue weighted by molar-refractivity contribution is 0.248. The van der Waals surface area contributed by atoms with Crippen molar-refractivity contribution >= 4 is 15.7 Å². The van der Waals surface area contributed by atoms with Gasteiger partial charge in [-0.3, -0.25) is 0 Å². The van der Waals surface area contributed by atoms with E-state index >= 15 is 0 Å². The van der Waals surface area contributed by atoms with E-state index < -0.39 is 21.4 Å². The Morgan fingerprint density at radius 2 is 2.00 bits per heavy atom. The molecule has 0 spiro atoms. The van der Waals surface area contributed by atoms with Gasteiger partial charge in [-0.25, -0.2) is 17.5 Å². The zero-order valence-corrected chi connectivity index (χ0v) is 11.3. The molecule has 0 amide bonds. The molecule has 6 heteroatoms. The summed E-state index contributed by atoms with van der Waals surface area (Å²) in [6, 6.07) is 2.30. The van der Waals surface area contributed by atoms with Crippen LogP contribution in [0.1, 0.15) is 31.7 Å². The maximum absolute atomic E-state index is 13.5. The zero-order valence-electron chi connectivity index (χ0n) is 10.5. The minimum atomic E-state index is -3.71. The number of nitrogen functional groups attached to an aromatic ring is 1. The molecule has 1 aromatic rings. The Hall–Kier alpha value is -1.14. The number of halogens is 1. The standard InChI is InChI=1S/C12H17FN2O2S/c1-8-10(13)6-9(7-11(8)14)18(16,17)15-12(2)4-3-5-12/h6-7,15H,3-5,14H2,1-2H3. The Kier molecular flexibility index (Phi) is 3.11. The molecule has 1 aliphatic rings. The number of nitrogens with one attached hydrogen (secondary N) is 1. The van der Waals surface area contributed by atoms with Crippen molar-refractivity contribution in [2.75, 3.05) is 5.73 Å². The van der Waals surface area contributed by atoms with Crippen LogP contribution in [0, 0.1) is 12.7 Å². The third kappa shape index (κ3) is 2.35. The number of sulfonamides is 1. The van der Waals surface area contributed by atoms with E-state index in [1.807, 2.05) is 6.92 Å². The van der Waals surface area contributed by atoms with Crippen molar-refractivity contribution < 1.29 is 12.8 Å². The molecule has 0 aromatic heterocycles. The van der Waals surface area contributed by atoms with Crippen LogP contribution in [0.15, 0.2) is 17.0 Å². The monoisotopic (exact) mass is 272 g/mol. The highest BCUT2D eigenvalue weighted by Gasteiger charge is 2.36. The predicted molar refractivity (Wildman–Crippen MR) is 68.1 cm³/mol. The van der Waals surface area contributed by atoms with Crippen molar-refractivity contribution in [1.29, 1.82) is 0 Å². The number of rotatable bonds is 3. The molecular weight excluding hydrogens is 255 g/mol. The summed E-state index contributed by atoms with van der Waals surface area (Å²) in [5.74, 6) is -0.603. The molecule has 1 aromatic carbocycles. The van der Waals surface area contributed by atoms with Crippen molar-refractivity contribution in [3.63, 3.8) is 0 Å². The molecule has 0 aliphatic heterocycles. The number of hydrogen-bond donors (Lipinski definition) is 2. The van der Waals surface area contributed by atoms with E-state index in [9.17, 15) is 12.8 Å². The Balaban J connectivity index is 2.35. The summed E-state index contributed by atoms with van der Waals surface area (Å²) in [6.45, 7) is 3.36. The first-order valence-electron chi connectivity index (χ1n) is 5.83. The first kappa shape index (κ1) is 13.3. The average molecular weight is 272 g/mol. The van der Waals surface area contributed by atoms with Crippen LogP contribution in [0.3, 0.4) is 0 Å². The molecule has 1 aliphatic carbocycles. The molecule has 4 nitrogen and oxygen atoms in total. The Morgan fingerprint density at radius 3 is 2.44 bits per heavy atom. The van der Waals surface area contributed by atoms with E-state index in [-0.39, 0.29) is 16.1 Å². The van der Waals surface area contributed by atoms with E-state index in [0.29, 0.717) is 0 Å². The minimum absolute atomic E-state index is 0.115. The summed E-state index contributed by atoms with van der Waals surface area (Å²) in [6.07, 6.45) is 2.61. The van der Waals surface area contributed by atoms with Gasteiger partial charge in [0.1, 0.15) is 5.82 Å². The van der Waals surface area contributed by atoms with Gasteiger partial charge >= 0.3 is 0 Å². The molecule has 0 unspecified atom stereocenters. The van der Waals surface area contributed by atoms with Gasteiger partial charge in [-0.05, 0) is 45.2 Å². The van der Waals surface area contributed by atoms with Gasteiger partial charge in [0.05, 0.1) is 4.90 Å². The summed E-state index contributed by atoms with van der Waals surface area (Å²) in [5.41, 5.74) is 5.60. The quantitative estimate of drug-likeness (QED) is 0.826. The van der Waals surface area contributed by atoms with Crippen molar-refractivity contribution in [3.05, 3.63) is 23.5 Å². The van der Waals surface area contributed by atoms with Crippen LogP contribution in [0.25, 0.3) is 0 Å². The molecule has 3 N–H and O–H groups in total. The summed E-state index contributed by atoms with van der Waals surface area (Å²) < 4.78 is 40.4. The van der Waals surface area contributed by atoms with Gasteiger partial charge in [0.2, 0.25) is 10.0 Å². The molecule has 0 radical (unpaired) electrons. The highest BCUT2D eigenvalue weighted by Crippen LogP contribution is 2.33. The van der Waals surface area contributed by atoms with Crippen LogP contribution in [0.2, 0.25) is 0 Å². The van der Waals surface area contributed by atoms with Gasteiger partial charge in [-0.2, -0.15) is 0 Å². The lowest BCUT2D eigenvalue weighted by Gasteiger charge is -2.38. The van der Waals surface area contributed by atoms with Gasteiger partial charge in [0.25, 0.3) is 0 Å². The minimum Gasteiger partial charge on any atom is -0.398 e. The Bertz CT molecular complexity index is 557. The molecule has 0 heterocycles. The van der Waals surface area contributed by atoms with Crippen LogP contribution < -0.4 is 10.5 Å². The molecule has 2 rings (SSSR count). The van der Waals surface area contributed by atoms with E-state index in [1.165, 1.54) is 13.0 Å². The van der Waals surface area contributed by atoms with Gasteiger partial charge in [0.15, 0.2) is 0 Å². The molecule has 18 heavy (non-hydrogen) atoms. The fourth-order valence-corrected chi connectivity index (χ4v) is 3.53. The predicted octanol–water partition coefficient (Wildman–Crippen LogP) is 1.94. The van der Waals surface area contributed by atoms with Crippen LogP contribution in [0.5, 0.6) is 0 Å². The Labute approximate surface area is 106 Å². The van der Waals surface area contributed by atoms with Crippen LogP contribution >= 0.6 is 0 Å². The van der Waals surface area contributed by atoms with Crippen molar-refractivity contribution in [1.82, 2.24) is 4.72 Å². The van der Waals surface area contributed by atoms with E-state index in [1.54, 1.807) is 0 Å². The highest BCUT2D eigenvalue weighted by atomic mass is 32.2. The second-order valence-electron chi connectivity index (χ2n) is 5.14. The second kappa shape index (κ2) is 4.20. The first-order valence-corrected chi connectivity index (χ1v) is 7.31. The molecule has 0 atom stereocenters. The third-order valence-corrected chi connectivity index (χ3v) is 5.12. The van der Waals surface area contributed by atoms with Gasteiger partial charge in [-0.15, -0.1) is 0 Å². The fraction of sp³-hybridized carbons (Fsp3) is 0.500. The van der Waals surface area contributed by atoms with Crippen molar-refractivity contribution in [3.8, 4) is 0 Å². The maximum Gasteiger partial charge on any atom is 0.241 e. The highest BCUT2D eigenvalue weighted by molar-refractivity contribution is 7.89.